The smallest absolute Gasteiger partial charge is 0.0968 e. The average Bonchev–Trinajstić information content (AvgIpc) is 3.53. The van der Waals surface area contributed by atoms with Crippen LogP contribution in [0.5, 0.6) is 0 Å². The number of hydrogen-bond acceptors (Lipinski definition) is 2. The van der Waals surface area contributed by atoms with Crippen molar-refractivity contribution < 1.29 is 4.74 Å². The van der Waals surface area contributed by atoms with Crippen molar-refractivity contribution in [1.82, 2.24) is 4.90 Å². The van der Waals surface area contributed by atoms with Crippen molar-refractivity contribution in [3.8, 4) is 0 Å². The SMILES string of the molecule is c1ccc(C[C@@H]([C@@H]2CO2)N(Cc2ccccc2)Cc2ccccc2)cc1. The number of rotatable bonds is 8. The first-order valence-electron chi connectivity index (χ1n) is 9.36. The molecular formula is C24H25NO. The molecule has 2 heteroatoms. The van der Waals surface area contributed by atoms with Crippen molar-refractivity contribution in [3.05, 3.63) is 108 Å². The zero-order chi connectivity index (χ0) is 17.6. The predicted octanol–water partition coefficient (Wildman–Crippen LogP) is 4.70. The molecule has 0 aliphatic carbocycles. The Morgan fingerprint density at radius 1 is 0.692 bits per heavy atom. The van der Waals surface area contributed by atoms with Gasteiger partial charge in [-0.1, -0.05) is 91.0 Å². The van der Waals surface area contributed by atoms with Crippen LogP contribution >= 0.6 is 0 Å². The van der Waals surface area contributed by atoms with Crippen LogP contribution < -0.4 is 0 Å². The molecule has 0 bridgehead atoms. The molecule has 0 amide bonds. The molecule has 1 aliphatic rings. The van der Waals surface area contributed by atoms with Gasteiger partial charge in [0.15, 0.2) is 0 Å². The fraction of sp³-hybridized carbons (Fsp3) is 0.250. The van der Waals surface area contributed by atoms with Crippen LogP contribution in [0.4, 0.5) is 0 Å². The van der Waals surface area contributed by atoms with Gasteiger partial charge >= 0.3 is 0 Å². The Morgan fingerprint density at radius 3 is 1.54 bits per heavy atom. The molecular weight excluding hydrogens is 318 g/mol. The van der Waals surface area contributed by atoms with E-state index in [1.54, 1.807) is 0 Å². The van der Waals surface area contributed by atoms with E-state index >= 15 is 0 Å². The first kappa shape index (κ1) is 17.0. The zero-order valence-corrected chi connectivity index (χ0v) is 15.0. The molecule has 2 atom stereocenters. The first-order valence-corrected chi connectivity index (χ1v) is 9.36. The molecule has 1 saturated heterocycles. The Hall–Kier alpha value is -2.42. The number of benzene rings is 3. The van der Waals surface area contributed by atoms with Crippen LogP contribution in [-0.4, -0.2) is 23.7 Å². The normalized spacial score (nSPS) is 17.2. The van der Waals surface area contributed by atoms with E-state index < -0.39 is 0 Å². The molecule has 0 aromatic heterocycles. The standard InChI is InChI=1S/C24H25NO/c1-4-10-20(11-5-1)16-23(24-19-26-24)25(17-21-12-6-2-7-13-21)18-22-14-8-3-9-15-22/h1-15,23-24H,16-19H2/t23-,24-/m0/s1. The third kappa shape index (κ3) is 4.60. The molecule has 132 valence electrons. The molecule has 26 heavy (non-hydrogen) atoms. The van der Waals surface area contributed by atoms with Crippen molar-refractivity contribution in [2.45, 2.75) is 31.7 Å². The fourth-order valence-electron chi connectivity index (χ4n) is 3.56. The van der Waals surface area contributed by atoms with E-state index in [2.05, 4.69) is 95.9 Å². The summed E-state index contributed by atoms with van der Waals surface area (Å²) >= 11 is 0. The fourth-order valence-corrected chi connectivity index (χ4v) is 3.56. The third-order valence-corrected chi connectivity index (χ3v) is 5.00. The van der Waals surface area contributed by atoms with Crippen LogP contribution in [0.25, 0.3) is 0 Å². The molecule has 0 radical (unpaired) electrons. The third-order valence-electron chi connectivity index (χ3n) is 5.00. The van der Waals surface area contributed by atoms with E-state index in [0.717, 1.165) is 26.1 Å². The number of nitrogens with zero attached hydrogens (tertiary/aromatic N) is 1. The highest BCUT2D eigenvalue weighted by atomic mass is 16.6. The highest BCUT2D eigenvalue weighted by Crippen LogP contribution is 2.26. The second-order valence-electron chi connectivity index (χ2n) is 7.01. The van der Waals surface area contributed by atoms with Crippen molar-refractivity contribution >= 4 is 0 Å². The summed E-state index contributed by atoms with van der Waals surface area (Å²) in [6.07, 6.45) is 1.35. The van der Waals surface area contributed by atoms with Crippen molar-refractivity contribution in [3.63, 3.8) is 0 Å². The maximum atomic E-state index is 5.76. The first-order chi connectivity index (χ1) is 12.9. The van der Waals surface area contributed by atoms with Crippen LogP contribution in [0, 0.1) is 0 Å². The Bertz CT molecular complexity index is 743. The van der Waals surface area contributed by atoms with Crippen LogP contribution in [0.3, 0.4) is 0 Å². The second kappa shape index (κ2) is 8.31. The maximum absolute atomic E-state index is 5.76. The molecule has 0 N–H and O–H groups in total. The van der Waals surface area contributed by atoms with E-state index in [9.17, 15) is 0 Å². The van der Waals surface area contributed by atoms with Gasteiger partial charge in [-0.25, -0.2) is 0 Å². The molecule has 4 rings (SSSR count). The molecule has 1 fully saturated rings. The minimum atomic E-state index is 0.336. The lowest BCUT2D eigenvalue weighted by Gasteiger charge is -2.31. The van der Waals surface area contributed by atoms with Gasteiger partial charge in [-0.3, -0.25) is 4.90 Å². The minimum absolute atomic E-state index is 0.336. The van der Waals surface area contributed by atoms with E-state index in [1.807, 2.05) is 0 Å². The highest BCUT2D eigenvalue weighted by molar-refractivity contribution is 5.20. The lowest BCUT2D eigenvalue weighted by molar-refractivity contribution is 0.144. The van der Waals surface area contributed by atoms with Crippen LogP contribution in [0.15, 0.2) is 91.0 Å². The molecule has 0 unspecified atom stereocenters. The van der Waals surface area contributed by atoms with Crippen molar-refractivity contribution in [2.75, 3.05) is 6.61 Å². The topological polar surface area (TPSA) is 15.8 Å². The van der Waals surface area contributed by atoms with Gasteiger partial charge in [-0.2, -0.15) is 0 Å². The largest absolute Gasteiger partial charge is 0.371 e. The highest BCUT2D eigenvalue weighted by Gasteiger charge is 2.36. The van der Waals surface area contributed by atoms with Gasteiger partial charge in [0, 0.05) is 19.1 Å². The van der Waals surface area contributed by atoms with Gasteiger partial charge in [-0.15, -0.1) is 0 Å². The number of ether oxygens (including phenoxy) is 1. The summed E-state index contributed by atoms with van der Waals surface area (Å²) < 4.78 is 5.76. The molecule has 0 spiro atoms. The van der Waals surface area contributed by atoms with Gasteiger partial charge in [0.2, 0.25) is 0 Å². The molecule has 3 aromatic rings. The Kier molecular flexibility index (Phi) is 5.44. The quantitative estimate of drug-likeness (QED) is 0.551. The van der Waals surface area contributed by atoms with Gasteiger partial charge in [0.05, 0.1) is 12.7 Å². The zero-order valence-electron chi connectivity index (χ0n) is 15.0. The summed E-state index contributed by atoms with van der Waals surface area (Å²) in [7, 11) is 0. The number of epoxide rings is 1. The molecule has 3 aromatic carbocycles. The van der Waals surface area contributed by atoms with Crippen molar-refractivity contribution in [2.24, 2.45) is 0 Å². The van der Waals surface area contributed by atoms with Gasteiger partial charge in [0.25, 0.3) is 0 Å². The lowest BCUT2D eigenvalue weighted by atomic mass is 10.0. The average molecular weight is 343 g/mol. The predicted molar refractivity (Wildman–Crippen MR) is 106 cm³/mol. The van der Waals surface area contributed by atoms with Gasteiger partial charge in [-0.05, 0) is 23.1 Å². The van der Waals surface area contributed by atoms with Crippen LogP contribution in [0.2, 0.25) is 0 Å². The molecule has 1 aliphatic heterocycles. The number of hydrogen-bond donors (Lipinski definition) is 0. The van der Waals surface area contributed by atoms with Gasteiger partial charge in [0.1, 0.15) is 0 Å². The second-order valence-corrected chi connectivity index (χ2v) is 7.01. The summed E-state index contributed by atoms with van der Waals surface area (Å²) in [5.74, 6) is 0. The van der Waals surface area contributed by atoms with E-state index in [0.29, 0.717) is 12.1 Å². The minimum Gasteiger partial charge on any atom is -0.371 e. The van der Waals surface area contributed by atoms with E-state index in [1.165, 1.54) is 16.7 Å². The monoisotopic (exact) mass is 343 g/mol. The van der Waals surface area contributed by atoms with Crippen LogP contribution in [0.1, 0.15) is 16.7 Å². The van der Waals surface area contributed by atoms with Crippen molar-refractivity contribution in [1.29, 1.82) is 0 Å². The van der Waals surface area contributed by atoms with E-state index in [4.69, 9.17) is 4.74 Å². The summed E-state index contributed by atoms with van der Waals surface area (Å²) in [6.45, 7) is 2.75. The lowest BCUT2D eigenvalue weighted by Crippen LogP contribution is -2.40. The Labute approximate surface area is 156 Å². The maximum Gasteiger partial charge on any atom is 0.0968 e. The summed E-state index contributed by atoms with van der Waals surface area (Å²) in [5, 5.41) is 0. The van der Waals surface area contributed by atoms with Crippen LogP contribution in [-0.2, 0) is 24.2 Å². The molecule has 2 nitrogen and oxygen atoms in total. The molecule has 0 saturated carbocycles. The summed E-state index contributed by atoms with van der Waals surface area (Å²) in [6, 6.07) is 32.7. The summed E-state index contributed by atoms with van der Waals surface area (Å²) in [5.41, 5.74) is 4.07. The van der Waals surface area contributed by atoms with E-state index in [-0.39, 0.29) is 0 Å². The Morgan fingerprint density at radius 2 is 1.12 bits per heavy atom. The van der Waals surface area contributed by atoms with Gasteiger partial charge < -0.3 is 4.74 Å². The Balaban J connectivity index is 1.58. The summed E-state index contributed by atoms with van der Waals surface area (Å²) in [4.78, 5) is 2.58. The molecule has 1 heterocycles.